The van der Waals surface area contributed by atoms with Crippen LogP contribution >= 0.6 is 0 Å². The van der Waals surface area contributed by atoms with E-state index in [4.69, 9.17) is 19.2 Å². The van der Waals surface area contributed by atoms with Gasteiger partial charge in [0.25, 0.3) is 11.7 Å². The Bertz CT molecular complexity index is 2550. The van der Waals surface area contributed by atoms with Crippen molar-refractivity contribution in [3.05, 3.63) is 58.0 Å². The zero-order valence-electron chi connectivity index (χ0n) is 42.6. The number of hydrogen-bond acceptors (Lipinski definition) is 13. The lowest BCUT2D eigenvalue weighted by Gasteiger charge is -2.46. The SMILES string of the molecule is C/C1=C/C=C/C(C)C[C@@H](C)C(O)[C@@H](C)[C@H](OC(=O)N2CCC3(CCN(C)CC3)CC2)[C@H](C)C/C=C/OC2(C)Oc3c(C)c(O)c4c(O)c(c5c(c4c3C2=O)NC2(CCN(CC(C)C)CC2)N=5)=NC1=O. The number of aliphatic hydroxyl groups excluding tert-OH is 1. The van der Waals surface area contributed by atoms with Gasteiger partial charge >= 0.3 is 11.9 Å². The number of piperidine rings is 3. The second-order valence-corrected chi connectivity index (χ2v) is 22.2. The number of ketones is 1. The van der Waals surface area contributed by atoms with Crippen molar-refractivity contribution in [3.63, 3.8) is 0 Å². The number of benzene rings is 2. The third kappa shape index (κ3) is 9.89. The number of nitrogens with zero attached hydrogens (tertiary/aromatic N) is 5. The molecule has 2 amide bonds. The van der Waals surface area contributed by atoms with Gasteiger partial charge in [0.15, 0.2) is 5.75 Å². The molecule has 9 rings (SSSR count). The Morgan fingerprint density at radius 2 is 1.59 bits per heavy atom. The number of Topliss-reactive ketones (excluding diaryl/α,β-unsaturated/α-hetero) is 1. The van der Waals surface area contributed by atoms with E-state index in [0.29, 0.717) is 56.0 Å². The molecule has 5 bridgehead atoms. The summed E-state index contributed by atoms with van der Waals surface area (Å²) in [6.07, 6.45) is 13.2. The van der Waals surface area contributed by atoms with Gasteiger partial charge in [-0.05, 0) is 108 Å². The molecule has 4 N–H and O–H groups in total. The maximum absolute atomic E-state index is 14.9. The van der Waals surface area contributed by atoms with Crippen molar-refractivity contribution in [1.29, 1.82) is 0 Å². The predicted molar refractivity (Wildman–Crippen MR) is 265 cm³/mol. The van der Waals surface area contributed by atoms with Gasteiger partial charge in [-0.1, -0.05) is 59.8 Å². The highest BCUT2D eigenvalue weighted by Crippen LogP contribution is 2.51. The molecule has 2 aromatic carbocycles. The van der Waals surface area contributed by atoms with Gasteiger partial charge in [0, 0.05) is 74.9 Å². The van der Waals surface area contributed by atoms with E-state index in [2.05, 4.69) is 47.9 Å². The fourth-order valence-corrected chi connectivity index (χ4v) is 11.8. The molecule has 15 heteroatoms. The quantitative estimate of drug-likeness (QED) is 0.222. The molecule has 376 valence electrons. The van der Waals surface area contributed by atoms with Gasteiger partial charge in [-0.25, -0.2) is 9.79 Å². The van der Waals surface area contributed by atoms with Crippen LogP contribution in [0.1, 0.15) is 123 Å². The minimum absolute atomic E-state index is 0.0158. The number of amides is 2. The molecule has 0 radical (unpaired) electrons. The number of anilines is 1. The first-order valence-corrected chi connectivity index (χ1v) is 25.5. The third-order valence-electron chi connectivity index (χ3n) is 16.3. The average molecular weight is 953 g/mol. The monoisotopic (exact) mass is 953 g/mol. The maximum Gasteiger partial charge on any atom is 0.410 e. The van der Waals surface area contributed by atoms with E-state index in [1.54, 1.807) is 32.1 Å². The molecular weight excluding hydrogens is 877 g/mol. The summed E-state index contributed by atoms with van der Waals surface area (Å²) in [7, 11) is 2.16. The molecule has 0 saturated carbocycles. The van der Waals surface area contributed by atoms with Crippen LogP contribution in [0.2, 0.25) is 0 Å². The van der Waals surface area contributed by atoms with E-state index < -0.39 is 47.0 Å². The standard InChI is InChI=1S/C54H76N6O9/c1-31(2)30-59-24-20-54(21-25-59)56-41-38-39-45(62)37(8)48-40(38)49(64)52(9,69-48)67-28-12-15-33(4)47(68-51(66)60-26-18-53(19-27-60)16-22-58(10)23-17-53)36(7)44(61)35(6)29-32(3)13-11-14-34(5)50(65)55-43(46(39)63)42(41)57-54/h11-14,28,31-33,35-36,44,47,56,61-63H,15-27,29-30H2,1-10H3/b13-11+,28-12+,34-14-,55-43?/t32?,33-,35-,36-,44?,47-,52?/m1/s1. The summed E-state index contributed by atoms with van der Waals surface area (Å²) in [5.41, 5.74) is 0.449. The van der Waals surface area contributed by atoms with Gasteiger partial charge in [0.1, 0.15) is 34.0 Å². The molecule has 7 aliphatic heterocycles. The molecule has 7 atom stereocenters. The zero-order valence-corrected chi connectivity index (χ0v) is 42.6. The third-order valence-corrected chi connectivity index (χ3v) is 16.3. The molecule has 2 aromatic rings. The predicted octanol–water partition coefficient (Wildman–Crippen LogP) is 7.54. The van der Waals surface area contributed by atoms with E-state index in [-0.39, 0.29) is 73.4 Å². The van der Waals surface area contributed by atoms with Crippen LogP contribution in [0.5, 0.6) is 17.2 Å². The number of likely N-dealkylation sites (tertiary alicyclic amines) is 3. The van der Waals surface area contributed by atoms with Crippen LogP contribution in [0.4, 0.5) is 10.5 Å². The van der Waals surface area contributed by atoms with Gasteiger partial charge in [-0.3, -0.25) is 14.6 Å². The average Bonchev–Trinajstić information content (AvgIpc) is 3.81. The lowest BCUT2D eigenvalue weighted by molar-refractivity contribution is -0.114. The number of nitrogens with one attached hydrogen (secondary N) is 1. The lowest BCUT2D eigenvalue weighted by atomic mass is 9.71. The van der Waals surface area contributed by atoms with Gasteiger partial charge < -0.3 is 49.5 Å². The summed E-state index contributed by atoms with van der Waals surface area (Å²) in [6.45, 7) is 23.0. The number of phenolic OH excluding ortho intramolecular Hbond substituents is 2. The van der Waals surface area contributed by atoms with Crippen molar-refractivity contribution in [2.24, 2.45) is 45.0 Å². The maximum atomic E-state index is 14.9. The highest BCUT2D eigenvalue weighted by molar-refractivity contribution is 6.21. The molecule has 3 fully saturated rings. The molecule has 3 unspecified atom stereocenters. The smallest absolute Gasteiger partial charge is 0.410 e. The van der Waals surface area contributed by atoms with Gasteiger partial charge in [-0.15, -0.1) is 0 Å². The molecule has 0 aromatic heterocycles. The van der Waals surface area contributed by atoms with Crippen LogP contribution in [0.25, 0.3) is 10.8 Å². The highest BCUT2D eigenvalue weighted by Gasteiger charge is 2.51. The van der Waals surface area contributed by atoms with Crippen molar-refractivity contribution < 1.29 is 43.9 Å². The number of hydrogen-bond donors (Lipinski definition) is 4. The summed E-state index contributed by atoms with van der Waals surface area (Å²) < 4.78 is 19.0. The number of allylic oxidation sites excluding steroid dienone is 4. The Morgan fingerprint density at radius 1 is 0.928 bits per heavy atom. The molecular formula is C54H76N6O9. The first-order chi connectivity index (χ1) is 32.6. The molecule has 0 aliphatic carbocycles. The van der Waals surface area contributed by atoms with E-state index in [9.17, 15) is 29.7 Å². The largest absolute Gasteiger partial charge is 0.507 e. The van der Waals surface area contributed by atoms with Gasteiger partial charge in [0.2, 0.25) is 0 Å². The summed E-state index contributed by atoms with van der Waals surface area (Å²) in [6, 6.07) is 0. The van der Waals surface area contributed by atoms with Crippen molar-refractivity contribution in [2.45, 2.75) is 137 Å². The number of rotatable bonds is 3. The van der Waals surface area contributed by atoms with Crippen LogP contribution in [0, 0.1) is 41.9 Å². The summed E-state index contributed by atoms with van der Waals surface area (Å²) in [4.78, 5) is 59.1. The van der Waals surface area contributed by atoms with Gasteiger partial charge in [0.05, 0.1) is 29.0 Å². The van der Waals surface area contributed by atoms with E-state index >= 15 is 0 Å². The van der Waals surface area contributed by atoms with Crippen LogP contribution < -0.4 is 20.8 Å². The van der Waals surface area contributed by atoms with Crippen molar-refractivity contribution in [3.8, 4) is 17.2 Å². The number of phenols is 2. The van der Waals surface area contributed by atoms with E-state index in [1.807, 2.05) is 31.7 Å². The minimum atomic E-state index is -1.87. The number of ether oxygens (including phenoxy) is 3. The summed E-state index contributed by atoms with van der Waals surface area (Å²) in [5.74, 6) is -4.05. The molecule has 2 spiro atoms. The van der Waals surface area contributed by atoms with Crippen molar-refractivity contribution >= 4 is 34.2 Å². The Balaban J connectivity index is 1.15. The Hall–Kier alpha value is -4.99. The lowest BCUT2D eigenvalue weighted by Crippen LogP contribution is -2.49. The zero-order chi connectivity index (χ0) is 49.7. The number of aromatic hydroxyl groups is 2. The van der Waals surface area contributed by atoms with Crippen LogP contribution in [-0.2, 0) is 14.3 Å². The summed E-state index contributed by atoms with van der Waals surface area (Å²) >= 11 is 0. The van der Waals surface area contributed by atoms with Crippen molar-refractivity contribution in [2.75, 3.05) is 58.2 Å². The first-order valence-electron chi connectivity index (χ1n) is 25.5. The number of carbonyl (C=O) groups excluding carboxylic acids is 3. The fourth-order valence-electron chi connectivity index (χ4n) is 11.8. The van der Waals surface area contributed by atoms with Crippen molar-refractivity contribution in [1.82, 2.24) is 14.7 Å². The Kier molecular flexibility index (Phi) is 14.4. The molecule has 7 heterocycles. The summed E-state index contributed by atoms with van der Waals surface area (Å²) in [5, 5.41) is 40.0. The normalized spacial score (nSPS) is 31.7. The van der Waals surface area contributed by atoms with Crippen LogP contribution in [-0.4, -0.2) is 124 Å². The number of carbonyl (C=O) groups is 3. The highest BCUT2D eigenvalue weighted by atomic mass is 16.7. The second-order valence-electron chi connectivity index (χ2n) is 22.2. The minimum Gasteiger partial charge on any atom is -0.507 e. The second kappa shape index (κ2) is 19.7. The van der Waals surface area contributed by atoms with E-state index in [1.165, 1.54) is 13.2 Å². The van der Waals surface area contributed by atoms with Crippen LogP contribution in [0.15, 0.2) is 46.1 Å². The Labute approximate surface area is 407 Å². The number of fused-ring (bicyclic) bond motifs is 13. The number of aliphatic hydroxyl groups is 1. The fraction of sp³-hybridized carbons (Fsp3) is 0.648. The molecule has 69 heavy (non-hydrogen) atoms. The molecule has 15 nitrogen and oxygen atoms in total. The molecule has 3 saturated heterocycles. The van der Waals surface area contributed by atoms with Gasteiger partial charge in [-0.2, -0.15) is 0 Å². The first kappa shape index (κ1) is 50.4. The topological polar surface area (TPSA) is 186 Å². The van der Waals surface area contributed by atoms with Crippen LogP contribution in [0.3, 0.4) is 0 Å². The Morgan fingerprint density at radius 3 is 2.26 bits per heavy atom. The molecule has 7 aliphatic rings. The van der Waals surface area contributed by atoms with E-state index in [0.717, 1.165) is 58.4 Å².